The molecule has 0 spiro atoms. The van der Waals surface area contributed by atoms with Gasteiger partial charge in [-0.05, 0) is 25.2 Å². The number of hydrogen-bond donors (Lipinski definition) is 0. The number of likely N-dealkylation sites (tertiary alicyclic amines) is 1. The Bertz CT molecular complexity index is 361. The van der Waals surface area contributed by atoms with E-state index < -0.39 is 18.0 Å². The van der Waals surface area contributed by atoms with Crippen molar-refractivity contribution in [2.75, 3.05) is 13.1 Å². The zero-order valence-electron chi connectivity index (χ0n) is 11.6. The summed E-state index contributed by atoms with van der Waals surface area (Å²) in [5.41, 5.74) is 0. The molecular formula is C14H21BrF3NO. The van der Waals surface area contributed by atoms with Crippen LogP contribution in [0.1, 0.15) is 39.0 Å². The van der Waals surface area contributed by atoms with Gasteiger partial charge in [0.05, 0.1) is 5.92 Å². The quantitative estimate of drug-likeness (QED) is 0.651. The minimum absolute atomic E-state index is 0.0991. The second-order valence-corrected chi connectivity index (χ2v) is 7.28. The fraction of sp³-hybridized carbons (Fsp3) is 0.929. The van der Waals surface area contributed by atoms with Crippen molar-refractivity contribution in [1.29, 1.82) is 0 Å². The summed E-state index contributed by atoms with van der Waals surface area (Å²) in [5, 5.41) is 0. The number of nitrogens with zero attached hydrogens (tertiary/aromatic N) is 1. The first-order valence-electron chi connectivity index (χ1n) is 7.30. The van der Waals surface area contributed by atoms with Gasteiger partial charge in [-0.3, -0.25) is 4.79 Å². The molecule has 2 fully saturated rings. The third-order valence-corrected chi connectivity index (χ3v) is 5.87. The Morgan fingerprint density at radius 1 is 1.20 bits per heavy atom. The molecule has 0 aromatic carbocycles. The number of halogens is 4. The molecule has 2 aliphatic rings. The van der Waals surface area contributed by atoms with Gasteiger partial charge in [-0.2, -0.15) is 13.2 Å². The van der Waals surface area contributed by atoms with Crippen molar-refractivity contribution in [3.8, 4) is 0 Å². The normalized spacial score (nSPS) is 36.0. The predicted octanol–water partition coefficient (Wildman–Crippen LogP) is 3.99. The summed E-state index contributed by atoms with van der Waals surface area (Å²) in [6.07, 6.45) is -1.62. The van der Waals surface area contributed by atoms with Crippen molar-refractivity contribution >= 4 is 21.8 Å². The molecule has 1 amide bonds. The van der Waals surface area contributed by atoms with Gasteiger partial charge in [0.2, 0.25) is 5.91 Å². The van der Waals surface area contributed by atoms with Gasteiger partial charge in [0.1, 0.15) is 0 Å². The molecular weight excluding hydrogens is 335 g/mol. The molecule has 0 aromatic heterocycles. The van der Waals surface area contributed by atoms with Crippen molar-refractivity contribution in [3.05, 3.63) is 0 Å². The van der Waals surface area contributed by atoms with Crippen LogP contribution in [0.15, 0.2) is 0 Å². The van der Waals surface area contributed by atoms with Crippen LogP contribution < -0.4 is 0 Å². The maximum absolute atomic E-state index is 13.1. The highest BCUT2D eigenvalue weighted by atomic mass is 79.9. The van der Waals surface area contributed by atoms with E-state index in [9.17, 15) is 18.0 Å². The van der Waals surface area contributed by atoms with Gasteiger partial charge in [0.25, 0.3) is 0 Å². The lowest BCUT2D eigenvalue weighted by atomic mass is 9.77. The maximum Gasteiger partial charge on any atom is 0.392 e. The van der Waals surface area contributed by atoms with Gasteiger partial charge in [-0.1, -0.05) is 35.7 Å². The molecule has 4 unspecified atom stereocenters. The Balaban J connectivity index is 2.06. The minimum Gasteiger partial charge on any atom is -0.341 e. The summed E-state index contributed by atoms with van der Waals surface area (Å²) in [5.74, 6) is -2.14. The predicted molar refractivity (Wildman–Crippen MR) is 74.6 cm³/mol. The monoisotopic (exact) mass is 355 g/mol. The van der Waals surface area contributed by atoms with Crippen LogP contribution >= 0.6 is 15.9 Å². The molecule has 4 atom stereocenters. The number of piperidine rings is 1. The first-order chi connectivity index (χ1) is 9.30. The molecule has 2 rings (SSSR count). The number of carbonyl (C=O) groups excluding carboxylic acids is 1. The third kappa shape index (κ3) is 3.49. The molecule has 116 valence electrons. The van der Waals surface area contributed by atoms with Gasteiger partial charge < -0.3 is 4.90 Å². The van der Waals surface area contributed by atoms with Crippen LogP contribution in [0.4, 0.5) is 13.2 Å². The Labute approximate surface area is 126 Å². The fourth-order valence-electron chi connectivity index (χ4n) is 3.27. The van der Waals surface area contributed by atoms with Crippen molar-refractivity contribution in [3.63, 3.8) is 0 Å². The number of alkyl halides is 4. The Morgan fingerprint density at radius 2 is 1.85 bits per heavy atom. The summed E-state index contributed by atoms with van der Waals surface area (Å²) in [6, 6.07) is 0. The largest absolute Gasteiger partial charge is 0.392 e. The second kappa shape index (κ2) is 6.24. The molecule has 2 nitrogen and oxygen atoms in total. The first kappa shape index (κ1) is 16.1. The molecule has 1 saturated carbocycles. The lowest BCUT2D eigenvalue weighted by Crippen LogP contribution is -2.49. The van der Waals surface area contributed by atoms with E-state index in [1.54, 1.807) is 4.90 Å². The molecule has 0 aromatic rings. The van der Waals surface area contributed by atoms with Gasteiger partial charge >= 0.3 is 6.18 Å². The SMILES string of the molecule is CC1CCN(C(=O)C2CCCCC2C(F)(F)F)CC1Br. The van der Waals surface area contributed by atoms with Crippen LogP contribution in [0.5, 0.6) is 0 Å². The molecule has 0 N–H and O–H groups in total. The number of amides is 1. The average molecular weight is 356 g/mol. The summed E-state index contributed by atoms with van der Waals surface area (Å²) in [6.45, 7) is 3.21. The molecule has 1 aliphatic carbocycles. The van der Waals surface area contributed by atoms with Gasteiger partial charge in [0, 0.05) is 23.8 Å². The van der Waals surface area contributed by atoms with Crippen LogP contribution in [0.3, 0.4) is 0 Å². The minimum atomic E-state index is -4.25. The molecule has 20 heavy (non-hydrogen) atoms. The molecule has 6 heteroatoms. The first-order valence-corrected chi connectivity index (χ1v) is 8.22. The van der Waals surface area contributed by atoms with Crippen molar-refractivity contribution in [1.82, 2.24) is 4.90 Å². The van der Waals surface area contributed by atoms with Crippen LogP contribution in [0.2, 0.25) is 0 Å². The number of carbonyl (C=O) groups is 1. The molecule has 1 saturated heterocycles. The topological polar surface area (TPSA) is 20.3 Å². The zero-order chi connectivity index (χ0) is 14.9. The Kier molecular flexibility index (Phi) is 5.03. The number of hydrogen-bond acceptors (Lipinski definition) is 1. The van der Waals surface area contributed by atoms with Crippen LogP contribution in [0.25, 0.3) is 0 Å². The Hall–Kier alpha value is -0.260. The van der Waals surface area contributed by atoms with Crippen molar-refractivity contribution in [2.24, 2.45) is 17.8 Å². The highest BCUT2D eigenvalue weighted by molar-refractivity contribution is 9.09. The van der Waals surface area contributed by atoms with E-state index in [1.807, 2.05) is 0 Å². The van der Waals surface area contributed by atoms with E-state index in [2.05, 4.69) is 22.9 Å². The lowest BCUT2D eigenvalue weighted by molar-refractivity contribution is -0.201. The van der Waals surface area contributed by atoms with Crippen LogP contribution in [-0.2, 0) is 4.79 Å². The van der Waals surface area contributed by atoms with Gasteiger partial charge in [-0.15, -0.1) is 0 Å². The fourth-order valence-corrected chi connectivity index (χ4v) is 3.89. The standard InChI is InChI=1S/C14H21BrF3NO/c1-9-6-7-19(8-12(9)15)13(20)10-4-2-3-5-11(10)14(16,17)18/h9-12H,2-8H2,1H3. The highest BCUT2D eigenvalue weighted by Crippen LogP contribution is 2.42. The van der Waals surface area contributed by atoms with E-state index in [0.29, 0.717) is 31.8 Å². The van der Waals surface area contributed by atoms with E-state index in [1.165, 1.54) is 0 Å². The van der Waals surface area contributed by atoms with Crippen molar-refractivity contribution < 1.29 is 18.0 Å². The summed E-state index contributed by atoms with van der Waals surface area (Å²) in [4.78, 5) is 14.3. The van der Waals surface area contributed by atoms with Crippen LogP contribution in [-0.4, -0.2) is 34.9 Å². The van der Waals surface area contributed by atoms with E-state index >= 15 is 0 Å². The average Bonchev–Trinajstić information content (AvgIpc) is 2.40. The van der Waals surface area contributed by atoms with Crippen molar-refractivity contribution in [2.45, 2.75) is 50.0 Å². The third-order valence-electron chi connectivity index (χ3n) is 4.68. The summed E-state index contributed by atoms with van der Waals surface area (Å²) < 4.78 is 39.2. The van der Waals surface area contributed by atoms with Gasteiger partial charge in [0.15, 0.2) is 0 Å². The summed E-state index contributed by atoms with van der Waals surface area (Å²) >= 11 is 3.52. The van der Waals surface area contributed by atoms with E-state index in [0.717, 1.165) is 12.8 Å². The number of rotatable bonds is 1. The second-order valence-electron chi connectivity index (χ2n) is 6.11. The molecule has 1 heterocycles. The smallest absolute Gasteiger partial charge is 0.341 e. The van der Waals surface area contributed by atoms with Gasteiger partial charge in [-0.25, -0.2) is 0 Å². The molecule has 1 aliphatic heterocycles. The van der Waals surface area contributed by atoms with E-state index in [-0.39, 0.29) is 17.2 Å². The molecule has 0 radical (unpaired) electrons. The zero-order valence-corrected chi connectivity index (χ0v) is 13.2. The summed E-state index contributed by atoms with van der Waals surface area (Å²) in [7, 11) is 0. The maximum atomic E-state index is 13.1. The lowest BCUT2D eigenvalue weighted by Gasteiger charge is -2.39. The Morgan fingerprint density at radius 3 is 2.45 bits per heavy atom. The van der Waals surface area contributed by atoms with Crippen LogP contribution in [0, 0.1) is 17.8 Å². The highest BCUT2D eigenvalue weighted by Gasteiger charge is 2.49. The van der Waals surface area contributed by atoms with E-state index in [4.69, 9.17) is 0 Å². The molecule has 0 bridgehead atoms.